The highest BCUT2D eigenvalue weighted by molar-refractivity contribution is 6.02. The van der Waals surface area contributed by atoms with Gasteiger partial charge in [0.1, 0.15) is 14.1 Å². The van der Waals surface area contributed by atoms with E-state index in [-0.39, 0.29) is 5.78 Å². The molecule has 0 radical (unpaired) electrons. The lowest BCUT2D eigenvalue weighted by Crippen LogP contribution is -2.16. The van der Waals surface area contributed by atoms with Gasteiger partial charge in [-0.3, -0.25) is 4.79 Å². The van der Waals surface area contributed by atoms with Gasteiger partial charge in [-0.25, -0.2) is 4.58 Å². The van der Waals surface area contributed by atoms with Crippen molar-refractivity contribution in [1.82, 2.24) is 0 Å². The summed E-state index contributed by atoms with van der Waals surface area (Å²) in [6, 6.07) is 2.15. The minimum absolute atomic E-state index is 0.161. The fourth-order valence-electron chi connectivity index (χ4n) is 2.59. The maximum Gasteiger partial charge on any atom is 0.180 e. The van der Waals surface area contributed by atoms with Gasteiger partial charge in [-0.1, -0.05) is 6.92 Å². The maximum absolute atomic E-state index is 11.8. The van der Waals surface area contributed by atoms with Gasteiger partial charge >= 0.3 is 0 Å². The van der Waals surface area contributed by atoms with E-state index in [9.17, 15) is 4.79 Å². The van der Waals surface area contributed by atoms with E-state index in [2.05, 4.69) is 45.5 Å². The largest absolute Gasteiger partial charge is 0.294 e. The molecule has 0 saturated heterocycles. The van der Waals surface area contributed by atoms with E-state index in [1.54, 1.807) is 6.92 Å². The Balaban J connectivity index is 3.69. The lowest BCUT2D eigenvalue weighted by Gasteiger charge is -2.15. The Morgan fingerprint density at radius 1 is 1.22 bits per heavy atom. The molecule has 0 aliphatic rings. The zero-order valence-corrected chi connectivity index (χ0v) is 12.6. The Hall–Kier alpha value is -1.44. The molecule has 0 fully saturated rings. The molecule has 0 saturated carbocycles. The summed E-state index contributed by atoms with van der Waals surface area (Å²) in [7, 11) is 4.11. The number of nitrogens with zero attached hydrogens (tertiary/aromatic N) is 1. The van der Waals surface area contributed by atoms with Crippen LogP contribution in [-0.4, -0.2) is 30.2 Å². The van der Waals surface area contributed by atoms with Crippen molar-refractivity contribution in [3.63, 3.8) is 0 Å². The molecular formula is C16H24NO+. The summed E-state index contributed by atoms with van der Waals surface area (Å²) < 4.78 is 2.13. The van der Waals surface area contributed by atoms with Crippen molar-refractivity contribution in [2.45, 2.75) is 41.0 Å². The van der Waals surface area contributed by atoms with E-state index < -0.39 is 0 Å². The van der Waals surface area contributed by atoms with Crippen molar-refractivity contribution in [3.8, 4) is 0 Å². The second-order valence-corrected chi connectivity index (χ2v) is 5.11. The summed E-state index contributed by atoms with van der Waals surface area (Å²) in [6.45, 7) is 10.0. The van der Waals surface area contributed by atoms with Gasteiger partial charge in [0.25, 0.3) is 0 Å². The first-order chi connectivity index (χ1) is 8.31. The number of carbonyl (C=O) groups excluding carboxylic acids is 1. The fraction of sp³-hybridized carbons (Fsp3) is 0.500. The van der Waals surface area contributed by atoms with E-state index in [0.717, 1.165) is 23.1 Å². The predicted octanol–water partition coefficient (Wildman–Crippen LogP) is 3.15. The summed E-state index contributed by atoms with van der Waals surface area (Å²) in [5, 5.41) is 0. The number of ketones is 1. The van der Waals surface area contributed by atoms with Gasteiger partial charge in [-0.15, -0.1) is 0 Å². The Morgan fingerprint density at radius 3 is 2.17 bits per heavy atom. The number of hydrogen-bond acceptors (Lipinski definition) is 1. The van der Waals surface area contributed by atoms with Crippen LogP contribution in [0.4, 0.5) is 0 Å². The van der Waals surface area contributed by atoms with Gasteiger partial charge in [0.2, 0.25) is 0 Å². The average Bonchev–Trinajstić information content (AvgIpc) is 2.26. The average molecular weight is 246 g/mol. The van der Waals surface area contributed by atoms with E-state index in [1.807, 2.05) is 6.92 Å². The molecule has 0 unspecified atom stereocenters. The predicted molar refractivity (Wildman–Crippen MR) is 77.2 cm³/mol. The molecule has 0 N–H and O–H groups in total. The van der Waals surface area contributed by atoms with E-state index in [1.165, 1.54) is 16.8 Å². The maximum atomic E-state index is 11.8. The van der Waals surface area contributed by atoms with Crippen molar-refractivity contribution >= 4 is 11.5 Å². The van der Waals surface area contributed by atoms with Crippen LogP contribution in [0.15, 0.2) is 6.07 Å². The second kappa shape index (κ2) is 5.47. The molecule has 2 heteroatoms. The van der Waals surface area contributed by atoms with Gasteiger partial charge in [0.05, 0.1) is 0 Å². The van der Waals surface area contributed by atoms with Crippen LogP contribution in [0.5, 0.6) is 0 Å². The van der Waals surface area contributed by atoms with E-state index in [4.69, 9.17) is 0 Å². The first-order valence-corrected chi connectivity index (χ1v) is 6.46. The zero-order chi connectivity index (χ0) is 14.0. The quantitative estimate of drug-likeness (QED) is 0.456. The lowest BCUT2D eigenvalue weighted by atomic mass is 9.88. The van der Waals surface area contributed by atoms with Gasteiger partial charge in [-0.2, -0.15) is 0 Å². The number of hydrogen-bond donors (Lipinski definition) is 0. The van der Waals surface area contributed by atoms with Crippen molar-refractivity contribution in [2.75, 3.05) is 14.1 Å². The van der Waals surface area contributed by atoms with E-state index >= 15 is 0 Å². The molecule has 0 atom stereocenters. The molecule has 1 aromatic carbocycles. The molecule has 0 heterocycles. The summed E-state index contributed by atoms with van der Waals surface area (Å²) >= 11 is 0. The van der Waals surface area contributed by atoms with Gasteiger partial charge in [0.15, 0.2) is 11.5 Å². The third kappa shape index (κ3) is 2.53. The number of Topliss-reactive ketones (excluding diaryl/α,β-unsaturated/α-hetero) is 1. The highest BCUT2D eigenvalue weighted by Gasteiger charge is 2.18. The third-order valence-corrected chi connectivity index (χ3v) is 3.67. The first kappa shape index (κ1) is 14.6. The summed E-state index contributed by atoms with van der Waals surface area (Å²) in [5.41, 5.74) is 6.91. The van der Waals surface area contributed by atoms with Crippen molar-refractivity contribution in [1.29, 1.82) is 0 Å². The second-order valence-electron chi connectivity index (χ2n) is 5.11. The smallest absolute Gasteiger partial charge is 0.180 e. The van der Waals surface area contributed by atoms with Gasteiger partial charge < -0.3 is 0 Å². The number of rotatable bonds is 3. The van der Waals surface area contributed by atoms with Crippen molar-refractivity contribution < 1.29 is 9.37 Å². The van der Waals surface area contributed by atoms with Gasteiger partial charge in [0, 0.05) is 18.1 Å². The molecule has 0 bridgehead atoms. The molecular weight excluding hydrogens is 222 g/mol. The summed E-state index contributed by atoms with van der Waals surface area (Å²) in [5.74, 6) is 0.161. The summed E-state index contributed by atoms with van der Waals surface area (Å²) in [6.07, 6.45) is 0.951. The van der Waals surface area contributed by atoms with Crippen LogP contribution in [0, 0.1) is 13.8 Å². The minimum atomic E-state index is 0.161. The first-order valence-electron chi connectivity index (χ1n) is 6.46. The highest BCUT2D eigenvalue weighted by atomic mass is 16.1. The highest BCUT2D eigenvalue weighted by Crippen LogP contribution is 2.24. The molecule has 0 aromatic heterocycles. The van der Waals surface area contributed by atoms with Crippen LogP contribution in [0.2, 0.25) is 0 Å². The van der Waals surface area contributed by atoms with Crippen LogP contribution in [0.25, 0.3) is 0 Å². The lowest BCUT2D eigenvalue weighted by molar-refractivity contribution is -0.464. The third-order valence-electron chi connectivity index (χ3n) is 3.67. The molecule has 1 rings (SSSR count). The molecule has 0 spiro atoms. The SMILES string of the molecule is CCc1c(C(C)=[N+](C)C)cc(C)c(C(C)=O)c1C. The van der Waals surface area contributed by atoms with Crippen molar-refractivity contribution in [3.05, 3.63) is 33.9 Å². The minimum Gasteiger partial charge on any atom is -0.294 e. The topological polar surface area (TPSA) is 20.1 Å². The number of benzene rings is 1. The van der Waals surface area contributed by atoms with Crippen LogP contribution < -0.4 is 0 Å². The number of carbonyl (C=O) groups is 1. The zero-order valence-electron chi connectivity index (χ0n) is 12.6. The summed E-state index contributed by atoms with van der Waals surface area (Å²) in [4.78, 5) is 11.8. The van der Waals surface area contributed by atoms with E-state index in [0.29, 0.717) is 0 Å². The Morgan fingerprint density at radius 2 is 1.78 bits per heavy atom. The van der Waals surface area contributed by atoms with Crippen LogP contribution >= 0.6 is 0 Å². The monoisotopic (exact) mass is 246 g/mol. The molecule has 98 valence electrons. The normalized spacial score (nSPS) is 10.4. The molecule has 0 aliphatic heterocycles. The van der Waals surface area contributed by atoms with Gasteiger partial charge in [-0.05, 0) is 49.9 Å². The molecule has 0 amide bonds. The number of aryl methyl sites for hydroxylation is 1. The Bertz CT molecular complexity index is 520. The van der Waals surface area contributed by atoms with Crippen molar-refractivity contribution in [2.24, 2.45) is 0 Å². The molecule has 18 heavy (non-hydrogen) atoms. The molecule has 1 aromatic rings. The Labute approximate surface area is 110 Å². The molecule has 2 nitrogen and oxygen atoms in total. The molecule has 0 aliphatic carbocycles. The van der Waals surface area contributed by atoms with Crippen LogP contribution in [0.3, 0.4) is 0 Å². The standard InChI is InChI=1S/C16H24NO/c1-8-14-11(3)16(13(5)18)10(2)9-15(14)12(4)17(6)7/h9H,8H2,1-7H3/q+1. The van der Waals surface area contributed by atoms with Crippen LogP contribution in [0.1, 0.15) is 53.4 Å². The van der Waals surface area contributed by atoms with Crippen LogP contribution in [-0.2, 0) is 6.42 Å². The fourth-order valence-corrected chi connectivity index (χ4v) is 2.59. The Kier molecular flexibility index (Phi) is 4.44.